The molecule has 0 saturated carbocycles. The molecule has 1 aromatic carbocycles. The first-order valence-corrected chi connectivity index (χ1v) is 10.8. The van der Waals surface area contributed by atoms with E-state index in [2.05, 4.69) is 13.8 Å². The van der Waals surface area contributed by atoms with Crippen LogP contribution in [0.5, 0.6) is 5.75 Å². The monoisotopic (exact) mass is 427 g/mol. The first kappa shape index (κ1) is 22.6. The topological polar surface area (TPSA) is 84.4 Å². The Kier molecular flexibility index (Phi) is 7.17. The highest BCUT2D eigenvalue weighted by Gasteiger charge is 2.47. The molecule has 0 radical (unpaired) electrons. The highest BCUT2D eigenvalue weighted by molar-refractivity contribution is 6.46. The maximum absolute atomic E-state index is 13.0. The predicted octanol–water partition coefficient (Wildman–Crippen LogP) is 2.33. The van der Waals surface area contributed by atoms with Crippen LogP contribution >= 0.6 is 0 Å². The molecule has 7 heteroatoms. The molecular formula is C24H31N2O5+. The maximum Gasteiger partial charge on any atom is 0.295 e. The summed E-state index contributed by atoms with van der Waals surface area (Å²) in [5, 5.41) is 11.0. The van der Waals surface area contributed by atoms with E-state index in [0.717, 1.165) is 13.1 Å². The number of amides is 1. The molecule has 1 aromatic heterocycles. The van der Waals surface area contributed by atoms with Crippen molar-refractivity contribution in [2.45, 2.75) is 33.7 Å². The van der Waals surface area contributed by atoms with Crippen molar-refractivity contribution in [2.75, 3.05) is 32.8 Å². The zero-order valence-electron chi connectivity index (χ0n) is 18.6. The van der Waals surface area contributed by atoms with Crippen LogP contribution < -0.4 is 9.64 Å². The summed E-state index contributed by atoms with van der Waals surface area (Å²) in [5.41, 5.74) is 0.502. The number of quaternary nitrogens is 1. The Hall–Kier alpha value is -3.06. The molecule has 31 heavy (non-hydrogen) atoms. The average molecular weight is 428 g/mol. The lowest BCUT2D eigenvalue weighted by molar-refractivity contribution is -0.895. The van der Waals surface area contributed by atoms with Crippen molar-refractivity contribution in [1.29, 1.82) is 0 Å². The second-order valence-corrected chi connectivity index (χ2v) is 7.61. The lowest BCUT2D eigenvalue weighted by atomic mass is 9.99. The molecule has 1 fully saturated rings. The van der Waals surface area contributed by atoms with Gasteiger partial charge in [0.2, 0.25) is 0 Å². The number of Topliss-reactive ketones (excluding diaryl/α,β-unsaturated/α-hetero) is 1. The fourth-order valence-corrected chi connectivity index (χ4v) is 3.92. The van der Waals surface area contributed by atoms with Crippen LogP contribution in [-0.4, -0.2) is 54.5 Å². The third kappa shape index (κ3) is 4.66. The van der Waals surface area contributed by atoms with Crippen LogP contribution in [0.25, 0.3) is 5.76 Å². The van der Waals surface area contributed by atoms with Gasteiger partial charge in [0.1, 0.15) is 29.1 Å². The van der Waals surface area contributed by atoms with Gasteiger partial charge in [-0.2, -0.15) is 0 Å². The number of likely N-dealkylation sites (N-methyl/N-ethyl adjacent to an activating group) is 1. The first-order valence-electron chi connectivity index (χ1n) is 10.8. The Balaban J connectivity index is 2.03. The Morgan fingerprint density at radius 2 is 1.77 bits per heavy atom. The number of carbonyl (C=O) groups excluding carboxylic acids is 2. The Bertz CT molecular complexity index is 957. The number of nitrogens with one attached hydrogen (secondary N) is 1. The number of likely N-dealkylation sites (tertiary alicyclic amines) is 1. The van der Waals surface area contributed by atoms with E-state index in [1.807, 2.05) is 13.8 Å². The van der Waals surface area contributed by atoms with Gasteiger partial charge in [0.05, 0.1) is 38.4 Å². The molecule has 0 bridgehead atoms. The van der Waals surface area contributed by atoms with Crippen molar-refractivity contribution in [3.05, 3.63) is 59.1 Å². The van der Waals surface area contributed by atoms with E-state index in [1.165, 1.54) is 9.80 Å². The Labute approximate surface area is 182 Å². The largest absolute Gasteiger partial charge is 0.507 e. The van der Waals surface area contributed by atoms with Crippen molar-refractivity contribution in [3.63, 3.8) is 0 Å². The third-order valence-electron chi connectivity index (χ3n) is 5.72. The number of aryl methyl sites for hydroxylation is 1. The van der Waals surface area contributed by atoms with E-state index >= 15 is 0 Å². The smallest absolute Gasteiger partial charge is 0.295 e. The minimum atomic E-state index is -0.754. The zero-order valence-corrected chi connectivity index (χ0v) is 18.6. The van der Waals surface area contributed by atoms with E-state index in [1.54, 1.807) is 36.4 Å². The van der Waals surface area contributed by atoms with Crippen LogP contribution in [0.1, 0.15) is 43.9 Å². The van der Waals surface area contributed by atoms with E-state index in [9.17, 15) is 14.7 Å². The molecular weight excluding hydrogens is 396 g/mol. The number of benzene rings is 1. The highest BCUT2D eigenvalue weighted by Crippen LogP contribution is 2.39. The molecule has 1 amide bonds. The summed E-state index contributed by atoms with van der Waals surface area (Å²) < 4.78 is 11.2. The number of hydrogen-bond donors (Lipinski definition) is 2. The SMILES string of the molecule is CCOc1ccc(C(O)=C2C(=O)C(=O)N(CC[NH+](CC)CC)[C@@H]2c2ccc(C)o2)cc1. The molecule has 0 unspecified atom stereocenters. The van der Waals surface area contributed by atoms with Crippen LogP contribution in [0.15, 0.2) is 46.4 Å². The van der Waals surface area contributed by atoms with Gasteiger partial charge in [0.15, 0.2) is 0 Å². The number of ether oxygens (including phenoxy) is 1. The molecule has 7 nitrogen and oxygen atoms in total. The van der Waals surface area contributed by atoms with Crippen LogP contribution in [0.3, 0.4) is 0 Å². The van der Waals surface area contributed by atoms with E-state index < -0.39 is 17.7 Å². The molecule has 0 spiro atoms. The Morgan fingerprint density at radius 1 is 1.10 bits per heavy atom. The summed E-state index contributed by atoms with van der Waals surface area (Å²) in [7, 11) is 0. The summed E-state index contributed by atoms with van der Waals surface area (Å²) in [6.07, 6.45) is 0. The molecule has 3 rings (SSSR count). The fourth-order valence-electron chi connectivity index (χ4n) is 3.92. The molecule has 1 atom stereocenters. The van der Waals surface area contributed by atoms with Gasteiger partial charge in [0, 0.05) is 5.56 Å². The predicted molar refractivity (Wildman–Crippen MR) is 117 cm³/mol. The van der Waals surface area contributed by atoms with Crippen molar-refractivity contribution >= 4 is 17.4 Å². The van der Waals surface area contributed by atoms with Crippen LogP contribution in [0.4, 0.5) is 0 Å². The normalized spacial score (nSPS) is 18.2. The number of aliphatic hydroxyl groups is 1. The van der Waals surface area contributed by atoms with Crippen LogP contribution in [-0.2, 0) is 9.59 Å². The highest BCUT2D eigenvalue weighted by atomic mass is 16.5. The maximum atomic E-state index is 13.0. The third-order valence-corrected chi connectivity index (χ3v) is 5.72. The molecule has 1 saturated heterocycles. The summed E-state index contributed by atoms with van der Waals surface area (Å²) in [5.74, 6) is 0.297. The summed E-state index contributed by atoms with van der Waals surface area (Å²) in [6.45, 7) is 11.4. The minimum Gasteiger partial charge on any atom is -0.507 e. The van der Waals surface area contributed by atoms with Gasteiger partial charge in [-0.3, -0.25) is 9.59 Å². The van der Waals surface area contributed by atoms with Gasteiger partial charge in [-0.1, -0.05) is 0 Å². The molecule has 166 valence electrons. The zero-order chi connectivity index (χ0) is 22.5. The van der Waals surface area contributed by atoms with Crippen molar-refractivity contribution in [3.8, 4) is 5.75 Å². The number of nitrogens with zero attached hydrogens (tertiary/aromatic N) is 1. The number of furan rings is 1. The standard InChI is InChI=1S/C24H30N2O5/c1-5-25(6-2)14-15-26-21(19-13-8-16(4)31-19)20(23(28)24(26)29)22(27)17-9-11-18(12-10-17)30-7-3/h8-13,21,27H,5-7,14-15H2,1-4H3/p+1/t21-/m1/s1. The van der Waals surface area contributed by atoms with Gasteiger partial charge in [0.25, 0.3) is 11.7 Å². The van der Waals surface area contributed by atoms with Gasteiger partial charge in [-0.15, -0.1) is 0 Å². The summed E-state index contributed by atoms with van der Waals surface area (Å²) in [6, 6.07) is 9.61. The lowest BCUT2D eigenvalue weighted by Crippen LogP contribution is -3.12. The van der Waals surface area contributed by atoms with Crippen molar-refractivity contribution in [2.24, 2.45) is 0 Å². The Morgan fingerprint density at radius 3 is 2.32 bits per heavy atom. The number of carbonyl (C=O) groups is 2. The quantitative estimate of drug-likeness (QED) is 0.365. The second kappa shape index (κ2) is 9.83. The number of ketones is 1. The van der Waals surface area contributed by atoms with Crippen molar-refractivity contribution in [1.82, 2.24) is 4.90 Å². The average Bonchev–Trinajstić information content (AvgIpc) is 3.30. The molecule has 0 aliphatic carbocycles. The summed E-state index contributed by atoms with van der Waals surface area (Å²) >= 11 is 0. The number of hydrogen-bond acceptors (Lipinski definition) is 5. The molecule has 2 N–H and O–H groups in total. The van der Waals surface area contributed by atoms with Gasteiger partial charge >= 0.3 is 0 Å². The molecule has 1 aliphatic rings. The number of rotatable bonds is 9. The second-order valence-electron chi connectivity index (χ2n) is 7.61. The lowest BCUT2D eigenvalue weighted by Gasteiger charge is -2.25. The molecule has 2 aromatic rings. The number of aliphatic hydroxyl groups excluding tert-OH is 1. The van der Waals surface area contributed by atoms with Gasteiger partial charge in [-0.25, -0.2) is 0 Å². The van der Waals surface area contributed by atoms with Gasteiger partial charge < -0.3 is 24.1 Å². The van der Waals surface area contributed by atoms with Crippen molar-refractivity contribution < 1.29 is 28.7 Å². The van der Waals surface area contributed by atoms with E-state index in [0.29, 0.717) is 42.5 Å². The van der Waals surface area contributed by atoms with E-state index in [4.69, 9.17) is 9.15 Å². The minimum absolute atomic E-state index is 0.0538. The summed E-state index contributed by atoms with van der Waals surface area (Å²) in [4.78, 5) is 28.8. The van der Waals surface area contributed by atoms with Gasteiger partial charge in [-0.05, 0) is 64.1 Å². The first-order chi connectivity index (χ1) is 14.9. The van der Waals surface area contributed by atoms with E-state index in [-0.39, 0.29) is 11.3 Å². The molecule has 2 heterocycles. The molecule has 1 aliphatic heterocycles. The fraction of sp³-hybridized carbons (Fsp3) is 0.417. The van der Waals surface area contributed by atoms with Crippen LogP contribution in [0, 0.1) is 6.92 Å². The van der Waals surface area contributed by atoms with Crippen LogP contribution in [0.2, 0.25) is 0 Å².